The van der Waals surface area contributed by atoms with Gasteiger partial charge in [-0.2, -0.15) is 5.10 Å². The highest BCUT2D eigenvalue weighted by molar-refractivity contribution is 7.89. The lowest BCUT2D eigenvalue weighted by Gasteiger charge is -2.38. The van der Waals surface area contributed by atoms with Crippen LogP contribution in [-0.2, 0) is 16.6 Å². The molecule has 1 saturated carbocycles. The molecular weight excluding hydrogens is 264 g/mol. The summed E-state index contributed by atoms with van der Waals surface area (Å²) in [5.74, 6) is 0. The molecule has 3 N–H and O–H groups in total. The van der Waals surface area contributed by atoms with Gasteiger partial charge >= 0.3 is 0 Å². The van der Waals surface area contributed by atoms with Crippen molar-refractivity contribution in [3.05, 3.63) is 11.8 Å². The molecule has 2 rings (SSSR count). The molecule has 0 spiro atoms. The largest absolute Gasteiger partial charge is 0.310 e. The van der Waals surface area contributed by atoms with Gasteiger partial charge in [-0.05, 0) is 26.2 Å². The number of nitrogens with one attached hydrogen (secondary N) is 3. The Kier molecular flexibility index (Phi) is 3.98. The Balaban J connectivity index is 2.14. The third-order valence-corrected chi connectivity index (χ3v) is 5.14. The molecular formula is C12H22N4O2S. The first-order chi connectivity index (χ1) is 8.82. The number of nitrogens with zero attached hydrogens (tertiary/aromatic N) is 1. The second-order valence-electron chi connectivity index (χ2n) is 5.78. The molecule has 0 unspecified atom stereocenters. The second kappa shape index (κ2) is 5.22. The van der Waals surface area contributed by atoms with E-state index in [-0.39, 0.29) is 10.6 Å². The number of sulfonamides is 1. The van der Waals surface area contributed by atoms with E-state index in [1.54, 1.807) is 6.20 Å². The van der Waals surface area contributed by atoms with Crippen molar-refractivity contribution < 1.29 is 8.42 Å². The average molecular weight is 286 g/mol. The van der Waals surface area contributed by atoms with Gasteiger partial charge in [0.25, 0.3) is 10.0 Å². The summed E-state index contributed by atoms with van der Waals surface area (Å²) < 4.78 is 27.5. The Morgan fingerprint density at radius 1 is 1.47 bits per heavy atom. The van der Waals surface area contributed by atoms with Crippen LogP contribution in [0.25, 0.3) is 0 Å². The third-order valence-electron chi connectivity index (χ3n) is 3.49. The van der Waals surface area contributed by atoms with Gasteiger partial charge in [0.1, 0.15) is 0 Å². The lowest BCUT2D eigenvalue weighted by Crippen LogP contribution is -2.51. The van der Waals surface area contributed by atoms with Crippen LogP contribution in [0.4, 0.5) is 0 Å². The summed E-state index contributed by atoms with van der Waals surface area (Å²) in [5.41, 5.74) is 0.372. The highest BCUT2D eigenvalue weighted by Crippen LogP contribution is 2.32. The van der Waals surface area contributed by atoms with E-state index in [4.69, 9.17) is 0 Å². The van der Waals surface area contributed by atoms with Crippen molar-refractivity contribution in [1.29, 1.82) is 0 Å². The summed E-state index contributed by atoms with van der Waals surface area (Å²) >= 11 is 0. The molecule has 19 heavy (non-hydrogen) atoms. The standard InChI is InChI=1S/C12H22N4O2S/c1-9(2)13-7-10-8-14-15-11(10)19(17,18)16-12(3)5-4-6-12/h8-9,13,16H,4-7H2,1-3H3,(H,14,15). The maximum Gasteiger partial charge on any atom is 0.258 e. The summed E-state index contributed by atoms with van der Waals surface area (Å²) in [6.07, 6.45) is 4.41. The van der Waals surface area contributed by atoms with Crippen LogP contribution in [0.1, 0.15) is 45.6 Å². The maximum atomic E-state index is 12.4. The summed E-state index contributed by atoms with van der Waals surface area (Å²) in [7, 11) is -3.52. The zero-order chi connectivity index (χ0) is 14.1. The first-order valence-electron chi connectivity index (χ1n) is 6.62. The lowest BCUT2D eigenvalue weighted by molar-refractivity contribution is 0.247. The first kappa shape index (κ1) is 14.5. The number of hydrogen-bond acceptors (Lipinski definition) is 4. The number of aromatic nitrogens is 2. The highest BCUT2D eigenvalue weighted by atomic mass is 32.2. The van der Waals surface area contributed by atoms with E-state index in [1.165, 1.54) is 0 Å². The first-order valence-corrected chi connectivity index (χ1v) is 8.10. The number of rotatable bonds is 6. The predicted octanol–water partition coefficient (Wildman–Crippen LogP) is 1.13. The minimum atomic E-state index is -3.52. The van der Waals surface area contributed by atoms with Crippen molar-refractivity contribution in [2.75, 3.05) is 0 Å². The molecule has 0 aromatic carbocycles. The zero-order valence-electron chi connectivity index (χ0n) is 11.7. The third kappa shape index (κ3) is 3.34. The average Bonchev–Trinajstić information content (AvgIpc) is 2.72. The molecule has 1 aromatic heterocycles. The van der Waals surface area contributed by atoms with E-state index >= 15 is 0 Å². The second-order valence-corrected chi connectivity index (χ2v) is 7.40. The number of aromatic amines is 1. The van der Waals surface area contributed by atoms with E-state index in [1.807, 2.05) is 20.8 Å². The molecule has 0 bridgehead atoms. The molecule has 1 heterocycles. The van der Waals surface area contributed by atoms with Crippen LogP contribution in [0.5, 0.6) is 0 Å². The van der Waals surface area contributed by atoms with Crippen molar-refractivity contribution in [2.45, 2.75) is 63.2 Å². The molecule has 0 atom stereocenters. The molecule has 1 aromatic rings. The molecule has 7 heteroatoms. The van der Waals surface area contributed by atoms with Gasteiger partial charge in [-0.1, -0.05) is 13.8 Å². The summed E-state index contributed by atoms with van der Waals surface area (Å²) in [6.45, 7) is 6.46. The van der Waals surface area contributed by atoms with Crippen molar-refractivity contribution in [3.8, 4) is 0 Å². The van der Waals surface area contributed by atoms with Crippen LogP contribution in [-0.4, -0.2) is 30.2 Å². The van der Waals surface area contributed by atoms with Crippen molar-refractivity contribution >= 4 is 10.0 Å². The van der Waals surface area contributed by atoms with Gasteiger partial charge in [0, 0.05) is 23.7 Å². The fourth-order valence-electron chi connectivity index (χ4n) is 2.16. The van der Waals surface area contributed by atoms with Crippen LogP contribution >= 0.6 is 0 Å². The maximum absolute atomic E-state index is 12.4. The van der Waals surface area contributed by atoms with E-state index < -0.39 is 10.0 Å². The minimum Gasteiger partial charge on any atom is -0.310 e. The van der Waals surface area contributed by atoms with Gasteiger partial charge in [0.15, 0.2) is 5.03 Å². The molecule has 6 nitrogen and oxygen atoms in total. The SMILES string of the molecule is CC(C)NCc1cn[nH]c1S(=O)(=O)NC1(C)CCC1. The zero-order valence-corrected chi connectivity index (χ0v) is 12.5. The normalized spacial score (nSPS) is 18.5. The molecule has 0 aliphatic heterocycles. The monoisotopic (exact) mass is 286 g/mol. The minimum absolute atomic E-state index is 0.175. The van der Waals surface area contributed by atoms with Crippen LogP contribution in [0.2, 0.25) is 0 Å². The predicted molar refractivity (Wildman–Crippen MR) is 73.1 cm³/mol. The highest BCUT2D eigenvalue weighted by Gasteiger charge is 2.37. The van der Waals surface area contributed by atoms with Gasteiger partial charge in [-0.3, -0.25) is 5.10 Å². The molecule has 0 saturated heterocycles. The van der Waals surface area contributed by atoms with Gasteiger partial charge < -0.3 is 5.32 Å². The van der Waals surface area contributed by atoms with Gasteiger partial charge in [0.2, 0.25) is 0 Å². The fraction of sp³-hybridized carbons (Fsp3) is 0.750. The van der Waals surface area contributed by atoms with Crippen LogP contribution in [0.3, 0.4) is 0 Å². The van der Waals surface area contributed by atoms with Crippen LogP contribution in [0.15, 0.2) is 11.2 Å². The Labute approximate surface area is 114 Å². The summed E-state index contributed by atoms with van der Waals surface area (Å²) in [4.78, 5) is 0. The summed E-state index contributed by atoms with van der Waals surface area (Å²) in [6, 6.07) is 0.294. The van der Waals surface area contributed by atoms with Gasteiger partial charge in [0.05, 0.1) is 6.20 Å². The molecule has 1 fully saturated rings. The van der Waals surface area contributed by atoms with Crippen molar-refractivity contribution in [3.63, 3.8) is 0 Å². The lowest BCUT2D eigenvalue weighted by atomic mass is 9.80. The van der Waals surface area contributed by atoms with E-state index in [0.717, 1.165) is 19.3 Å². The van der Waals surface area contributed by atoms with Crippen molar-refractivity contribution in [1.82, 2.24) is 20.2 Å². The number of H-pyrrole nitrogens is 1. The van der Waals surface area contributed by atoms with Crippen LogP contribution in [0, 0.1) is 0 Å². The molecule has 0 radical (unpaired) electrons. The molecule has 1 aliphatic rings. The Bertz CT molecular complexity index is 532. The van der Waals surface area contributed by atoms with Crippen LogP contribution < -0.4 is 10.0 Å². The molecule has 1 aliphatic carbocycles. The van der Waals surface area contributed by atoms with Gasteiger partial charge in [-0.25, -0.2) is 13.1 Å². The quantitative estimate of drug-likeness (QED) is 0.731. The summed E-state index contributed by atoms with van der Waals surface area (Å²) in [5, 5.41) is 9.83. The van der Waals surface area contributed by atoms with E-state index in [2.05, 4.69) is 20.2 Å². The Morgan fingerprint density at radius 2 is 2.16 bits per heavy atom. The Morgan fingerprint density at radius 3 is 2.68 bits per heavy atom. The van der Waals surface area contributed by atoms with E-state index in [0.29, 0.717) is 18.2 Å². The number of hydrogen-bond donors (Lipinski definition) is 3. The van der Waals surface area contributed by atoms with Gasteiger partial charge in [-0.15, -0.1) is 0 Å². The fourth-order valence-corrected chi connectivity index (χ4v) is 3.75. The molecule has 108 valence electrons. The topological polar surface area (TPSA) is 86.9 Å². The smallest absolute Gasteiger partial charge is 0.258 e. The van der Waals surface area contributed by atoms with E-state index in [9.17, 15) is 8.42 Å². The molecule has 0 amide bonds. The van der Waals surface area contributed by atoms with Crippen molar-refractivity contribution in [2.24, 2.45) is 0 Å². The Hall–Kier alpha value is -0.920.